The van der Waals surface area contributed by atoms with E-state index in [1.807, 2.05) is 0 Å². The third-order valence-corrected chi connectivity index (χ3v) is 15.9. The van der Waals surface area contributed by atoms with Gasteiger partial charge in [-0.3, -0.25) is 58.0 Å². The molecule has 0 spiro atoms. The van der Waals surface area contributed by atoms with Gasteiger partial charge >= 0.3 is 0 Å². The van der Waals surface area contributed by atoms with Crippen molar-refractivity contribution in [3.8, 4) is 6.07 Å². The summed E-state index contributed by atoms with van der Waals surface area (Å²) in [6.45, 7) is 7.90. The highest BCUT2D eigenvalue weighted by molar-refractivity contribution is 6.56. The van der Waals surface area contributed by atoms with E-state index in [2.05, 4.69) is 10.9 Å². The molecule has 0 saturated carbocycles. The predicted molar refractivity (Wildman–Crippen MR) is 272 cm³/mol. The lowest BCUT2D eigenvalue weighted by Gasteiger charge is -2.29. The van der Waals surface area contributed by atoms with Gasteiger partial charge in [-0.25, -0.2) is 4.85 Å². The first kappa shape index (κ1) is 43.5. The number of carbonyl (C=O) groups excluding carboxylic acids is 8. The maximum Gasteiger partial charge on any atom is 0.261 e. The summed E-state index contributed by atoms with van der Waals surface area (Å²) in [6.07, 6.45) is 0. The van der Waals surface area contributed by atoms with E-state index >= 15 is 0 Å². The molecule has 0 saturated heterocycles. The second-order valence-electron chi connectivity index (χ2n) is 18.0. The molecule has 0 aromatic heterocycles. The first-order valence-electron chi connectivity index (χ1n) is 21.7. The van der Waals surface area contributed by atoms with Crippen molar-refractivity contribution in [2.45, 2.75) is 0 Å². The summed E-state index contributed by atoms with van der Waals surface area (Å²) in [5.74, 6) is -3.90. The van der Waals surface area contributed by atoms with Crippen LogP contribution in [-0.2, 0) is 0 Å². The number of rotatable bonds is 0. The minimum absolute atomic E-state index is 0.207. The Morgan fingerprint density at radius 3 is 1.01 bits per heavy atom. The van der Waals surface area contributed by atoms with Crippen LogP contribution in [0.15, 0.2) is 60.7 Å². The maximum atomic E-state index is 13.1. The fourth-order valence-corrected chi connectivity index (χ4v) is 12.8. The molecule has 0 aliphatic carbocycles. The van der Waals surface area contributed by atoms with Crippen molar-refractivity contribution in [3.63, 3.8) is 0 Å². The number of nitrogens with zero attached hydrogens (tertiary/aromatic N) is 6. The number of nitriles is 1. The molecule has 0 N–H and O–H groups in total. The number of hydrogen-bond donors (Lipinski definition) is 0. The second-order valence-corrected chi connectivity index (χ2v) is 19.6. The molecule has 14 rings (SSSR count). The SMILES string of the molecule is CN1C(=O)c2cc(Cl)c3c4c(Cl)cc5c6c(cc(Cl)c(c7c(Cl)cc(c2c37)C1=O)c64)C(=O)N(C)C5=O.[C-]#[N+]c1cc2c3c(ccc4c5c(C#N)cc6c7c(ccc(c1c34)c75)C(=O)N(C)C6=O)C(=O)N(C)C2=O. The Labute approximate surface area is 423 Å². The van der Waals surface area contributed by atoms with Crippen LogP contribution in [0.2, 0.25) is 20.1 Å². The van der Waals surface area contributed by atoms with Crippen LogP contribution in [0.4, 0.5) is 5.69 Å². The monoisotopic (exact) mass is 1020 g/mol. The van der Waals surface area contributed by atoms with Gasteiger partial charge in [0, 0.05) is 130 Å². The Balaban J connectivity index is 0.000000140. The molecule has 4 aliphatic heterocycles. The number of fused-ring (bicyclic) bond motifs is 4. The zero-order valence-electron chi connectivity index (χ0n) is 37.2. The summed E-state index contributed by atoms with van der Waals surface area (Å²) in [6, 6.07) is 17.9. The van der Waals surface area contributed by atoms with E-state index in [0.29, 0.717) is 97.3 Å². The van der Waals surface area contributed by atoms with E-state index < -0.39 is 47.3 Å². The molecule has 0 fully saturated rings. The Bertz CT molecular complexity index is 4240. The van der Waals surface area contributed by atoms with Gasteiger partial charge in [0.25, 0.3) is 47.3 Å². The average Bonchev–Trinajstić information content (AvgIpc) is 3.37. The van der Waals surface area contributed by atoms with Crippen LogP contribution in [0.3, 0.4) is 0 Å². The lowest BCUT2D eigenvalue weighted by Crippen LogP contribution is -2.37. The molecule has 10 aromatic rings. The number of halogens is 4. The molecule has 0 unspecified atom stereocenters. The Morgan fingerprint density at radius 2 is 0.667 bits per heavy atom. The molecule has 0 bridgehead atoms. The molecule has 8 amide bonds. The molecular formula is C54H22Cl4N6O8. The fraction of sp³-hybridized carbons (Fsp3) is 0.0741. The summed E-state index contributed by atoms with van der Waals surface area (Å²) < 4.78 is 0. The van der Waals surface area contributed by atoms with Gasteiger partial charge in [0.2, 0.25) is 0 Å². The lowest BCUT2D eigenvalue weighted by atomic mass is 9.80. The van der Waals surface area contributed by atoms with E-state index in [9.17, 15) is 43.6 Å². The van der Waals surface area contributed by atoms with Crippen LogP contribution in [0, 0.1) is 17.9 Å². The van der Waals surface area contributed by atoms with Crippen LogP contribution in [-0.4, -0.2) is 95.0 Å². The minimum atomic E-state index is -0.506. The van der Waals surface area contributed by atoms with E-state index in [4.69, 9.17) is 53.0 Å². The van der Waals surface area contributed by atoms with Crippen LogP contribution in [0.1, 0.15) is 88.4 Å². The third-order valence-electron chi connectivity index (χ3n) is 14.7. The summed E-state index contributed by atoms with van der Waals surface area (Å²) >= 11 is 27.2. The Kier molecular flexibility index (Phi) is 8.52. The molecule has 72 heavy (non-hydrogen) atoms. The first-order chi connectivity index (χ1) is 34.3. The van der Waals surface area contributed by atoms with Crippen molar-refractivity contribution in [1.29, 1.82) is 5.26 Å². The van der Waals surface area contributed by atoms with Gasteiger partial charge in [-0.15, -0.1) is 0 Å². The number of carbonyl (C=O) groups is 8. The van der Waals surface area contributed by atoms with Crippen molar-refractivity contribution in [3.05, 3.63) is 142 Å². The van der Waals surface area contributed by atoms with Crippen molar-refractivity contribution in [1.82, 2.24) is 19.6 Å². The average molecular weight is 1020 g/mol. The van der Waals surface area contributed by atoms with E-state index in [-0.39, 0.29) is 64.7 Å². The Hall–Kier alpha value is -8.50. The molecule has 0 atom stereocenters. The molecule has 14 nitrogen and oxygen atoms in total. The van der Waals surface area contributed by atoms with Gasteiger partial charge in [0.1, 0.15) is 0 Å². The van der Waals surface area contributed by atoms with E-state index in [1.54, 1.807) is 24.3 Å². The maximum absolute atomic E-state index is 13.1. The summed E-state index contributed by atoms with van der Waals surface area (Å²) in [5, 5.41) is 18.7. The number of hydrogen-bond acceptors (Lipinski definition) is 9. The van der Waals surface area contributed by atoms with Crippen LogP contribution >= 0.6 is 46.4 Å². The highest BCUT2D eigenvalue weighted by Crippen LogP contribution is 2.54. The molecular weight excluding hydrogens is 1000 g/mol. The van der Waals surface area contributed by atoms with Gasteiger partial charge in [0.05, 0.1) is 40.5 Å². The molecule has 4 heterocycles. The third kappa shape index (κ3) is 4.94. The van der Waals surface area contributed by atoms with Gasteiger partial charge in [-0.1, -0.05) is 58.5 Å². The molecule has 4 aliphatic rings. The molecule has 18 heteroatoms. The van der Waals surface area contributed by atoms with Gasteiger partial charge < -0.3 is 0 Å². The van der Waals surface area contributed by atoms with Crippen molar-refractivity contribution in [2.24, 2.45) is 0 Å². The first-order valence-corrected chi connectivity index (χ1v) is 23.2. The van der Waals surface area contributed by atoms with Gasteiger partial charge in [0.15, 0.2) is 5.69 Å². The minimum Gasteiger partial charge on any atom is -0.278 e. The van der Waals surface area contributed by atoms with Crippen molar-refractivity contribution >= 4 is 186 Å². The quantitative estimate of drug-likeness (QED) is 0.0619. The summed E-state index contributed by atoms with van der Waals surface area (Å²) in [5.41, 5.74) is 2.61. The summed E-state index contributed by atoms with van der Waals surface area (Å²) in [7, 11) is 5.59. The van der Waals surface area contributed by atoms with Crippen LogP contribution in [0.5, 0.6) is 0 Å². The van der Waals surface area contributed by atoms with Crippen molar-refractivity contribution in [2.75, 3.05) is 28.2 Å². The van der Waals surface area contributed by atoms with Gasteiger partial charge in [-0.2, -0.15) is 5.26 Å². The predicted octanol–water partition coefficient (Wildman–Crippen LogP) is 11.4. The number of amides is 8. The lowest BCUT2D eigenvalue weighted by molar-refractivity contribution is 0.0635. The van der Waals surface area contributed by atoms with Crippen LogP contribution < -0.4 is 0 Å². The van der Waals surface area contributed by atoms with E-state index in [0.717, 1.165) is 19.6 Å². The topological polar surface area (TPSA) is 178 Å². The second kappa shape index (κ2) is 14.1. The standard InChI is InChI=1S/C28H12N4O4.C26H10Cl4N2O4/c1-30-18-9-17-21-15(26(34)32(3)28(17)36)6-4-12-19-11(10-29)8-16-20-14(25(33)31(2)27(16)35)7-5-13(23(19)20)22(18)24(12)21;1-31-23(33)7-3-11(27)17-19-13(29)5-9-16-10(26(36)32(2)25(9)35)6-14(30)20(22(16)19)18-12(28)4-8(24(31)34)15(7)21(17)18/h4-9H,2-3H3;3-6H,1-2H3. The smallest absolute Gasteiger partial charge is 0.261 e. The zero-order valence-corrected chi connectivity index (χ0v) is 40.3. The zero-order chi connectivity index (χ0) is 50.7. The van der Waals surface area contributed by atoms with Crippen LogP contribution in [0.25, 0.3) is 91.0 Å². The molecule has 10 aromatic carbocycles. The molecule has 0 radical (unpaired) electrons. The normalized spacial score (nSPS) is 15.3. The van der Waals surface area contributed by atoms with Gasteiger partial charge in [-0.05, 0) is 75.5 Å². The molecule has 344 valence electrons. The van der Waals surface area contributed by atoms with E-state index in [1.165, 1.54) is 64.6 Å². The largest absolute Gasteiger partial charge is 0.278 e. The number of benzene rings is 10. The van der Waals surface area contributed by atoms with Crippen molar-refractivity contribution < 1.29 is 38.4 Å². The fourth-order valence-electron chi connectivity index (χ4n) is 11.6. The number of imide groups is 4. The highest BCUT2D eigenvalue weighted by atomic mass is 35.5. The highest BCUT2D eigenvalue weighted by Gasteiger charge is 2.40. The Morgan fingerprint density at radius 1 is 0.375 bits per heavy atom. The summed E-state index contributed by atoms with van der Waals surface area (Å²) in [4.78, 5) is 112.